The lowest BCUT2D eigenvalue weighted by Crippen LogP contribution is -2.63. The van der Waals surface area contributed by atoms with Crippen molar-refractivity contribution in [3.8, 4) is 5.75 Å². The highest BCUT2D eigenvalue weighted by Gasteiger charge is 2.53. The molecular formula is C15H21Cl2NO. The van der Waals surface area contributed by atoms with Crippen LogP contribution in [0.25, 0.3) is 0 Å². The molecular weight excluding hydrogens is 281 g/mol. The molecule has 2 nitrogen and oxygen atoms in total. The van der Waals surface area contributed by atoms with Gasteiger partial charge in [-0.3, -0.25) is 0 Å². The summed E-state index contributed by atoms with van der Waals surface area (Å²) in [5.41, 5.74) is 0.212. The fourth-order valence-electron chi connectivity index (χ4n) is 3.28. The van der Waals surface area contributed by atoms with Gasteiger partial charge in [0.05, 0.1) is 0 Å². The van der Waals surface area contributed by atoms with Crippen LogP contribution in [0.4, 0.5) is 0 Å². The number of ether oxygens (including phenoxy) is 1. The van der Waals surface area contributed by atoms with Gasteiger partial charge in [-0.2, -0.15) is 0 Å². The fraction of sp³-hybridized carbons (Fsp3) is 0.600. The SMILES string of the molecule is CCC1(CC)C(NC)CC1Oc1cc(Cl)cc(Cl)c1. The van der Waals surface area contributed by atoms with Crippen LogP contribution >= 0.6 is 23.2 Å². The molecule has 2 rings (SSSR count). The highest BCUT2D eigenvalue weighted by molar-refractivity contribution is 6.34. The molecule has 0 radical (unpaired) electrons. The van der Waals surface area contributed by atoms with Gasteiger partial charge in [-0.25, -0.2) is 0 Å². The van der Waals surface area contributed by atoms with E-state index in [9.17, 15) is 0 Å². The second-order valence-electron chi connectivity index (χ2n) is 5.23. The Hall–Kier alpha value is -0.440. The van der Waals surface area contributed by atoms with Crippen molar-refractivity contribution in [3.05, 3.63) is 28.2 Å². The normalized spacial score (nSPS) is 24.9. The van der Waals surface area contributed by atoms with Crippen LogP contribution in [0.2, 0.25) is 10.0 Å². The molecule has 4 heteroatoms. The first-order valence-corrected chi connectivity index (χ1v) is 7.61. The van der Waals surface area contributed by atoms with E-state index >= 15 is 0 Å². The second-order valence-corrected chi connectivity index (χ2v) is 6.10. The van der Waals surface area contributed by atoms with Crippen LogP contribution in [-0.4, -0.2) is 19.2 Å². The number of halogens is 2. The Labute approximate surface area is 125 Å². The van der Waals surface area contributed by atoms with E-state index in [2.05, 4.69) is 19.2 Å². The molecule has 0 saturated heterocycles. The minimum atomic E-state index is 0.212. The zero-order valence-corrected chi connectivity index (χ0v) is 13.2. The molecule has 0 aliphatic heterocycles. The van der Waals surface area contributed by atoms with Gasteiger partial charge in [0, 0.05) is 27.9 Å². The van der Waals surface area contributed by atoms with E-state index in [1.165, 1.54) is 0 Å². The average molecular weight is 302 g/mol. The summed E-state index contributed by atoms with van der Waals surface area (Å²) < 4.78 is 6.13. The molecule has 0 aromatic heterocycles. The molecule has 1 aliphatic carbocycles. The van der Waals surface area contributed by atoms with Crippen molar-refractivity contribution < 1.29 is 4.74 Å². The van der Waals surface area contributed by atoms with Crippen LogP contribution in [0.1, 0.15) is 33.1 Å². The Bertz CT molecular complexity index is 426. The van der Waals surface area contributed by atoms with Gasteiger partial charge in [-0.15, -0.1) is 0 Å². The minimum absolute atomic E-state index is 0.212. The molecule has 2 atom stereocenters. The average Bonchev–Trinajstić information content (AvgIpc) is 2.34. The third kappa shape index (κ3) is 2.72. The molecule has 1 N–H and O–H groups in total. The highest BCUT2D eigenvalue weighted by Crippen LogP contribution is 2.49. The molecule has 0 bridgehead atoms. The van der Waals surface area contributed by atoms with Crippen LogP contribution in [0, 0.1) is 5.41 Å². The first kappa shape index (κ1) is 15.0. The van der Waals surface area contributed by atoms with E-state index < -0.39 is 0 Å². The number of hydrogen-bond acceptors (Lipinski definition) is 2. The van der Waals surface area contributed by atoms with Crippen molar-refractivity contribution in [1.29, 1.82) is 0 Å². The maximum atomic E-state index is 6.13. The topological polar surface area (TPSA) is 21.3 Å². The summed E-state index contributed by atoms with van der Waals surface area (Å²) in [6, 6.07) is 5.91. The van der Waals surface area contributed by atoms with E-state index in [0.29, 0.717) is 16.1 Å². The van der Waals surface area contributed by atoms with Gasteiger partial charge in [0.2, 0.25) is 0 Å². The lowest BCUT2D eigenvalue weighted by molar-refractivity contribution is -0.0835. The summed E-state index contributed by atoms with van der Waals surface area (Å²) >= 11 is 12.0. The van der Waals surface area contributed by atoms with Crippen LogP contribution < -0.4 is 10.1 Å². The third-order valence-corrected chi connectivity index (χ3v) is 5.00. The molecule has 106 valence electrons. The summed E-state index contributed by atoms with van der Waals surface area (Å²) in [4.78, 5) is 0. The Kier molecular flexibility index (Phi) is 4.65. The molecule has 1 saturated carbocycles. The quantitative estimate of drug-likeness (QED) is 0.862. The lowest BCUT2D eigenvalue weighted by atomic mass is 9.58. The first-order chi connectivity index (χ1) is 9.05. The van der Waals surface area contributed by atoms with Gasteiger partial charge in [-0.05, 0) is 38.1 Å². The van der Waals surface area contributed by atoms with E-state index in [1.54, 1.807) is 6.07 Å². The zero-order chi connectivity index (χ0) is 14.0. The van der Waals surface area contributed by atoms with E-state index in [0.717, 1.165) is 25.0 Å². The molecule has 0 spiro atoms. The van der Waals surface area contributed by atoms with Gasteiger partial charge < -0.3 is 10.1 Å². The Morgan fingerprint density at radius 3 is 2.26 bits per heavy atom. The Balaban J connectivity index is 2.15. The van der Waals surface area contributed by atoms with Crippen LogP contribution in [0.5, 0.6) is 5.75 Å². The smallest absolute Gasteiger partial charge is 0.122 e. The van der Waals surface area contributed by atoms with Gasteiger partial charge in [-0.1, -0.05) is 37.0 Å². The Morgan fingerprint density at radius 2 is 1.79 bits per heavy atom. The second kappa shape index (κ2) is 5.90. The van der Waals surface area contributed by atoms with Crippen LogP contribution in [-0.2, 0) is 0 Å². The maximum absolute atomic E-state index is 6.13. The molecule has 0 heterocycles. The summed E-state index contributed by atoms with van der Waals surface area (Å²) in [6.07, 6.45) is 3.47. The number of hydrogen-bond donors (Lipinski definition) is 1. The zero-order valence-electron chi connectivity index (χ0n) is 11.7. The monoisotopic (exact) mass is 301 g/mol. The molecule has 1 fully saturated rings. The summed E-state index contributed by atoms with van der Waals surface area (Å²) in [5, 5.41) is 4.63. The lowest BCUT2D eigenvalue weighted by Gasteiger charge is -2.55. The summed E-state index contributed by atoms with van der Waals surface area (Å²) in [7, 11) is 2.03. The summed E-state index contributed by atoms with van der Waals surface area (Å²) in [6.45, 7) is 4.46. The van der Waals surface area contributed by atoms with E-state index in [-0.39, 0.29) is 11.5 Å². The van der Waals surface area contributed by atoms with Crippen molar-refractivity contribution in [2.75, 3.05) is 7.05 Å². The van der Waals surface area contributed by atoms with Crippen molar-refractivity contribution >= 4 is 23.2 Å². The molecule has 1 aromatic carbocycles. The number of nitrogens with one attached hydrogen (secondary N) is 1. The van der Waals surface area contributed by atoms with E-state index in [1.807, 2.05) is 19.2 Å². The van der Waals surface area contributed by atoms with Crippen molar-refractivity contribution in [2.24, 2.45) is 5.41 Å². The molecule has 19 heavy (non-hydrogen) atoms. The van der Waals surface area contributed by atoms with Gasteiger partial charge in [0.25, 0.3) is 0 Å². The largest absolute Gasteiger partial charge is 0.490 e. The molecule has 0 amide bonds. The fourth-order valence-corrected chi connectivity index (χ4v) is 3.78. The van der Waals surface area contributed by atoms with Crippen molar-refractivity contribution in [3.63, 3.8) is 0 Å². The van der Waals surface area contributed by atoms with E-state index in [4.69, 9.17) is 27.9 Å². The standard InChI is InChI=1S/C15H21Cl2NO/c1-4-15(5-2)13(18-3)9-14(15)19-12-7-10(16)6-11(17)8-12/h6-8,13-14,18H,4-5,9H2,1-3H3. The summed E-state index contributed by atoms with van der Waals surface area (Å²) in [5.74, 6) is 0.767. The highest BCUT2D eigenvalue weighted by atomic mass is 35.5. The van der Waals surface area contributed by atoms with Crippen molar-refractivity contribution in [2.45, 2.75) is 45.3 Å². The maximum Gasteiger partial charge on any atom is 0.122 e. The van der Waals surface area contributed by atoms with Gasteiger partial charge in [0.15, 0.2) is 0 Å². The first-order valence-electron chi connectivity index (χ1n) is 6.85. The predicted molar refractivity (Wildman–Crippen MR) is 81.4 cm³/mol. The molecule has 2 unspecified atom stereocenters. The molecule has 1 aromatic rings. The third-order valence-electron chi connectivity index (χ3n) is 4.56. The number of rotatable bonds is 5. The number of benzene rings is 1. The molecule has 1 aliphatic rings. The van der Waals surface area contributed by atoms with Gasteiger partial charge >= 0.3 is 0 Å². The van der Waals surface area contributed by atoms with Crippen molar-refractivity contribution in [1.82, 2.24) is 5.32 Å². The predicted octanol–water partition coefficient (Wildman–Crippen LogP) is 4.54. The van der Waals surface area contributed by atoms with Crippen LogP contribution in [0.3, 0.4) is 0 Å². The Morgan fingerprint density at radius 1 is 1.21 bits per heavy atom. The minimum Gasteiger partial charge on any atom is -0.490 e. The van der Waals surface area contributed by atoms with Gasteiger partial charge in [0.1, 0.15) is 11.9 Å². The van der Waals surface area contributed by atoms with Crippen LogP contribution in [0.15, 0.2) is 18.2 Å².